The van der Waals surface area contributed by atoms with Crippen LogP contribution in [0.15, 0.2) is 25.3 Å². The number of hydrogen-bond acceptors (Lipinski definition) is 20. The van der Waals surface area contributed by atoms with Crippen LogP contribution in [0.4, 0.5) is 11.6 Å². The molecule has 3 fully saturated rings. The molecule has 3 aliphatic heterocycles. The summed E-state index contributed by atoms with van der Waals surface area (Å²) in [5, 5.41) is 29.0. The van der Waals surface area contributed by atoms with Gasteiger partial charge in [-0.1, -0.05) is 0 Å². The highest BCUT2D eigenvalue weighted by Gasteiger charge is 2.53. The van der Waals surface area contributed by atoms with Crippen molar-refractivity contribution in [2.75, 3.05) is 50.9 Å². The van der Waals surface area contributed by atoms with E-state index in [2.05, 4.69) is 40.1 Å². The van der Waals surface area contributed by atoms with Crippen molar-refractivity contribution in [1.29, 1.82) is 0 Å². The van der Waals surface area contributed by atoms with Gasteiger partial charge in [-0.15, -0.1) is 0 Å². The van der Waals surface area contributed by atoms with Crippen LogP contribution in [0.1, 0.15) is 12.5 Å². The van der Waals surface area contributed by atoms with Gasteiger partial charge in [0, 0.05) is 26.2 Å². The van der Waals surface area contributed by atoms with Crippen molar-refractivity contribution in [1.82, 2.24) is 49.2 Å². The van der Waals surface area contributed by atoms with Gasteiger partial charge in [-0.05, 0) is 0 Å². The molecule has 49 heavy (non-hydrogen) atoms. The summed E-state index contributed by atoms with van der Waals surface area (Å²) in [6.45, 7) is 0.00741. The Bertz CT molecular complexity index is 1820. The van der Waals surface area contributed by atoms with Gasteiger partial charge in [0.15, 0.2) is 35.4 Å². The predicted octanol–water partition coefficient (Wildman–Crippen LogP) is -2.40. The van der Waals surface area contributed by atoms with Crippen molar-refractivity contribution in [2.24, 2.45) is 11.5 Å². The number of nitrogens with zero attached hydrogens (tertiary/aromatic N) is 8. The van der Waals surface area contributed by atoms with Gasteiger partial charge in [-0.2, -0.15) is 0 Å². The predicted molar refractivity (Wildman–Crippen MR) is 170 cm³/mol. The molecule has 0 saturated carbocycles. The fraction of sp³-hybridized carbons (Fsp3) is 0.583. The van der Waals surface area contributed by atoms with E-state index in [0.29, 0.717) is 28.9 Å². The smallest absolute Gasteiger partial charge is 0.386 e. The van der Waals surface area contributed by atoms with E-state index in [-0.39, 0.29) is 37.9 Å². The van der Waals surface area contributed by atoms with Gasteiger partial charge >= 0.3 is 7.75 Å². The van der Waals surface area contributed by atoms with Crippen molar-refractivity contribution in [3.8, 4) is 0 Å². The summed E-state index contributed by atoms with van der Waals surface area (Å²) in [6.07, 6.45) is -4.09. The highest BCUT2D eigenvalue weighted by atomic mass is 31.2. The summed E-state index contributed by atoms with van der Waals surface area (Å²) in [4.78, 5) is 24.9. The number of rotatable bonds is 8. The molecule has 3 saturated heterocycles. The first kappa shape index (κ1) is 34.3. The molecule has 4 aromatic rings. The van der Waals surface area contributed by atoms with Crippen LogP contribution in [-0.4, -0.2) is 125 Å². The molecule has 10 atom stereocenters. The quantitative estimate of drug-likeness (QED) is 0.0877. The summed E-state index contributed by atoms with van der Waals surface area (Å²) in [5.74, 6) is 0.279. The second-order valence-electron chi connectivity index (χ2n) is 11.2. The van der Waals surface area contributed by atoms with Crippen LogP contribution in [-0.2, 0) is 32.1 Å². The normalized spacial score (nSPS) is 34.1. The summed E-state index contributed by atoms with van der Waals surface area (Å²) in [5.41, 5.74) is 24.6. The number of nitrogens with two attached hydrogens (primary N) is 4. The maximum absolute atomic E-state index is 14.3. The average molecular weight is 727 g/mol. The number of imidazole rings is 2. The number of aliphatic hydroxyl groups excluding tert-OH is 2. The van der Waals surface area contributed by atoms with E-state index >= 15 is 0 Å². The molecule has 23 nitrogen and oxygen atoms in total. The molecule has 3 aliphatic rings. The summed E-state index contributed by atoms with van der Waals surface area (Å²) in [7, 11) is -6.25. The summed E-state index contributed by atoms with van der Waals surface area (Å²) < 4.78 is 54.1. The molecular formula is C24H36N14O9P2. The number of aliphatic hydroxyl groups is 2. The Labute approximate surface area is 278 Å². The topological polar surface area (TPSA) is 328 Å². The molecule has 0 spiro atoms. The van der Waals surface area contributed by atoms with Gasteiger partial charge in [0.25, 0.3) is 8.53 Å². The number of nitrogens with one attached hydrogen (secondary N) is 2. The van der Waals surface area contributed by atoms with Crippen LogP contribution in [0.3, 0.4) is 0 Å². The summed E-state index contributed by atoms with van der Waals surface area (Å²) in [6, 6.07) is 0. The van der Waals surface area contributed by atoms with Crippen LogP contribution in [0.25, 0.3) is 22.3 Å². The molecule has 25 heteroatoms. The van der Waals surface area contributed by atoms with Crippen LogP contribution in [0, 0.1) is 0 Å². The van der Waals surface area contributed by atoms with Crippen LogP contribution in [0.2, 0.25) is 0 Å². The highest BCUT2D eigenvalue weighted by Crippen LogP contribution is 2.52. The second kappa shape index (κ2) is 14.2. The Balaban J connectivity index is 1.20. The van der Waals surface area contributed by atoms with Gasteiger partial charge in [0.2, 0.25) is 0 Å². The van der Waals surface area contributed by atoms with E-state index in [1.807, 2.05) is 0 Å². The Morgan fingerprint density at radius 3 is 2.00 bits per heavy atom. The number of anilines is 2. The fourth-order valence-electron chi connectivity index (χ4n) is 5.71. The average Bonchev–Trinajstić information content (AvgIpc) is 3.86. The third kappa shape index (κ3) is 6.59. The zero-order chi connectivity index (χ0) is 34.3. The lowest BCUT2D eigenvalue weighted by Gasteiger charge is -2.31. The number of ether oxygens (including phenoxy) is 2. The molecule has 266 valence electrons. The first-order chi connectivity index (χ1) is 23.7. The Hall–Kier alpha value is -3.12. The Morgan fingerprint density at radius 1 is 0.837 bits per heavy atom. The van der Waals surface area contributed by atoms with Gasteiger partial charge in [-0.25, -0.2) is 44.6 Å². The van der Waals surface area contributed by atoms with Crippen LogP contribution in [0.5, 0.6) is 0 Å². The molecule has 7 heterocycles. The molecule has 10 unspecified atom stereocenters. The Kier molecular flexibility index (Phi) is 9.98. The molecular weight excluding hydrogens is 690 g/mol. The number of nitrogen functional groups attached to an aromatic ring is 2. The number of fused-ring (bicyclic) bond motifs is 4. The van der Waals surface area contributed by atoms with E-state index in [1.165, 1.54) is 34.4 Å². The monoisotopic (exact) mass is 726 g/mol. The van der Waals surface area contributed by atoms with Crippen LogP contribution < -0.4 is 33.1 Å². The standard InChI is InChI=1S/C24H36N14O9P2/c25-1-3-35-48-42-5-11-18(16(40)24(44-11)38-10-34-14-20(28)30-8-32-22(14)38)47-49(41,36-4-2-26)43-6-12-17(46-48)15(39)23(45-12)37-9-33-13-19(27)29-7-31-21(13)37/h7-12,15-18,23-24,35,39-40H,1-6,25-26H2,(H,36,41)(H2,27,29,31)(H2,28,30,32). The SMILES string of the molecule is NCCNP1OCC2OC(n3cnc4c(N)ncnc43)C(O)C2OP(=O)(NCCN)OCC2OC(n3cnc4c(N)ncnc43)C(O)C2O1. The first-order valence-electron chi connectivity index (χ1n) is 15.2. The minimum absolute atomic E-state index is 0.0288. The van der Waals surface area contributed by atoms with Crippen molar-refractivity contribution >= 4 is 50.2 Å². The van der Waals surface area contributed by atoms with Gasteiger partial charge in [0.05, 0.1) is 25.9 Å². The summed E-state index contributed by atoms with van der Waals surface area (Å²) >= 11 is 0. The van der Waals surface area contributed by atoms with Crippen LogP contribution >= 0.6 is 16.3 Å². The van der Waals surface area contributed by atoms with Crippen molar-refractivity contribution in [2.45, 2.75) is 49.1 Å². The second-order valence-corrected chi connectivity index (χ2v) is 14.2. The Morgan fingerprint density at radius 2 is 1.41 bits per heavy atom. The lowest BCUT2D eigenvalue weighted by Crippen LogP contribution is -2.41. The molecule has 12 N–H and O–H groups in total. The van der Waals surface area contributed by atoms with E-state index < -0.39 is 72.0 Å². The largest absolute Gasteiger partial charge is 0.406 e. The fourth-order valence-corrected chi connectivity index (χ4v) is 8.56. The number of aromatic nitrogens is 8. The van der Waals surface area contributed by atoms with Gasteiger partial charge in [-0.3, -0.25) is 18.2 Å². The maximum atomic E-state index is 14.3. The van der Waals surface area contributed by atoms with Crippen molar-refractivity contribution in [3.63, 3.8) is 0 Å². The van der Waals surface area contributed by atoms with Crippen molar-refractivity contribution in [3.05, 3.63) is 25.3 Å². The lowest BCUT2D eigenvalue weighted by atomic mass is 10.1. The minimum Gasteiger partial charge on any atom is -0.386 e. The van der Waals surface area contributed by atoms with Crippen molar-refractivity contribution < 1.29 is 42.3 Å². The highest BCUT2D eigenvalue weighted by molar-refractivity contribution is 7.51. The van der Waals surface area contributed by atoms with E-state index in [9.17, 15) is 14.8 Å². The zero-order valence-corrected chi connectivity index (χ0v) is 27.5. The third-order valence-corrected chi connectivity index (χ3v) is 10.9. The van der Waals surface area contributed by atoms with E-state index in [1.54, 1.807) is 0 Å². The maximum Gasteiger partial charge on any atom is 0.406 e. The molecule has 4 aromatic heterocycles. The molecule has 0 radical (unpaired) electrons. The molecule has 7 rings (SSSR count). The minimum atomic E-state index is -4.27. The van der Waals surface area contributed by atoms with Gasteiger partial charge < -0.3 is 51.7 Å². The first-order valence-corrected chi connectivity index (χ1v) is 17.9. The molecule has 0 aromatic carbocycles. The number of hydrogen-bond donors (Lipinski definition) is 8. The molecule has 0 bridgehead atoms. The molecule has 0 aliphatic carbocycles. The van der Waals surface area contributed by atoms with E-state index in [0.717, 1.165) is 0 Å². The lowest BCUT2D eigenvalue weighted by molar-refractivity contribution is -0.0571. The third-order valence-electron chi connectivity index (χ3n) is 8.02. The van der Waals surface area contributed by atoms with Gasteiger partial charge in [0.1, 0.15) is 60.3 Å². The zero-order valence-electron chi connectivity index (χ0n) is 25.7. The molecule has 0 amide bonds. The van der Waals surface area contributed by atoms with E-state index in [4.69, 9.17) is 50.5 Å².